The minimum absolute atomic E-state index is 0.0994. The monoisotopic (exact) mass is 542 g/mol. The van der Waals surface area contributed by atoms with Gasteiger partial charge in [-0.2, -0.15) is 0 Å². The normalized spacial score (nSPS) is 17.6. The number of hydrogen-bond donors (Lipinski definition) is 2. The van der Waals surface area contributed by atoms with Gasteiger partial charge in [0, 0.05) is 11.6 Å². The van der Waals surface area contributed by atoms with E-state index in [2.05, 4.69) is 17.0 Å². The average Bonchev–Trinajstić information content (AvgIpc) is 3.21. The first-order valence-corrected chi connectivity index (χ1v) is 13.0. The van der Waals surface area contributed by atoms with Gasteiger partial charge in [-0.05, 0) is 47.8 Å². The van der Waals surface area contributed by atoms with E-state index >= 15 is 0 Å². The molecule has 38 heavy (non-hydrogen) atoms. The number of nitrogens with zero attached hydrogens (tertiary/aromatic N) is 1. The molecule has 8 nitrogen and oxygen atoms in total. The summed E-state index contributed by atoms with van der Waals surface area (Å²) in [6.07, 6.45) is 17.5. The number of ether oxygens (including phenoxy) is 1. The van der Waals surface area contributed by atoms with E-state index in [4.69, 9.17) is 4.74 Å². The van der Waals surface area contributed by atoms with Crippen molar-refractivity contribution in [3.8, 4) is 0 Å². The molecule has 0 saturated carbocycles. The van der Waals surface area contributed by atoms with Gasteiger partial charge in [0.15, 0.2) is 0 Å². The molecule has 2 aliphatic rings. The molecule has 2 aliphatic carbocycles. The van der Waals surface area contributed by atoms with Crippen molar-refractivity contribution in [1.82, 2.24) is 4.72 Å². The first kappa shape index (κ1) is 30.5. The SMILES string of the molecule is C=C/C=C(\C=C/COCC1=C(F)C=CC=C([N+](=O)[O-])C1)C1=CC=C=C(S(=O)NC(CC(C)C)C(=O)O)C=C1. The Bertz CT molecular complexity index is 1240. The summed E-state index contributed by atoms with van der Waals surface area (Å²) in [4.78, 5) is 22.3. The molecule has 202 valence electrons. The second kappa shape index (κ2) is 15.5. The third-order valence-electron chi connectivity index (χ3n) is 5.27. The van der Waals surface area contributed by atoms with Crippen molar-refractivity contribution in [3.05, 3.63) is 122 Å². The third kappa shape index (κ3) is 9.99. The summed E-state index contributed by atoms with van der Waals surface area (Å²) in [6, 6.07) is -0.950. The predicted octanol–water partition coefficient (Wildman–Crippen LogP) is 5.30. The topological polar surface area (TPSA) is 119 Å². The molecule has 2 atom stereocenters. The van der Waals surface area contributed by atoms with Gasteiger partial charge in [0.05, 0.1) is 29.5 Å². The Labute approximate surface area is 224 Å². The van der Waals surface area contributed by atoms with Crippen LogP contribution in [0.1, 0.15) is 26.7 Å². The summed E-state index contributed by atoms with van der Waals surface area (Å²) in [5.41, 5.74) is 4.50. The Hall–Kier alpha value is -3.69. The van der Waals surface area contributed by atoms with E-state index in [0.29, 0.717) is 11.3 Å². The molecule has 2 N–H and O–H groups in total. The molecule has 0 aromatic carbocycles. The molecule has 0 fully saturated rings. The molecule has 0 radical (unpaired) electrons. The van der Waals surface area contributed by atoms with Crippen LogP contribution in [0, 0.1) is 16.0 Å². The van der Waals surface area contributed by atoms with Crippen molar-refractivity contribution in [2.75, 3.05) is 13.2 Å². The summed E-state index contributed by atoms with van der Waals surface area (Å²) in [5.74, 6) is -1.51. The Morgan fingerprint density at radius 1 is 1.37 bits per heavy atom. The zero-order valence-electron chi connectivity index (χ0n) is 21.3. The molecular weight excluding hydrogens is 511 g/mol. The second-order valence-electron chi connectivity index (χ2n) is 8.72. The van der Waals surface area contributed by atoms with Crippen LogP contribution in [-0.4, -0.2) is 39.5 Å². The number of halogens is 1. The quantitative estimate of drug-likeness (QED) is 0.101. The van der Waals surface area contributed by atoms with Crippen LogP contribution in [0.3, 0.4) is 0 Å². The zero-order valence-corrected chi connectivity index (χ0v) is 22.1. The molecule has 0 bridgehead atoms. The maximum Gasteiger partial charge on any atom is 0.321 e. The van der Waals surface area contributed by atoms with Crippen LogP contribution in [0.15, 0.2) is 112 Å². The smallest absolute Gasteiger partial charge is 0.321 e. The number of nitro groups is 1. The van der Waals surface area contributed by atoms with Gasteiger partial charge < -0.3 is 9.84 Å². The highest BCUT2D eigenvalue weighted by atomic mass is 32.2. The van der Waals surface area contributed by atoms with E-state index in [-0.39, 0.29) is 36.8 Å². The van der Waals surface area contributed by atoms with Gasteiger partial charge in [-0.15, -0.1) is 5.73 Å². The highest BCUT2D eigenvalue weighted by molar-refractivity contribution is 7.87. The lowest BCUT2D eigenvalue weighted by Crippen LogP contribution is -2.39. The number of nitrogens with one attached hydrogen (secondary N) is 1. The van der Waals surface area contributed by atoms with Gasteiger partial charge >= 0.3 is 5.97 Å². The standard InChI is InChI=1S/C28H31FN2O6S/c1-4-8-21(10-7-16-37-19-23-18-24(31(34)35)11-6-13-26(23)29)22-9-5-12-25(15-14-22)38(36)30-27(28(32)33)17-20(2)3/h4-11,13-15,20,27,30H,1,16-19H2,2-3H3,(H,32,33)/b10-7-,21-8+. The van der Waals surface area contributed by atoms with E-state index in [0.717, 1.165) is 11.1 Å². The lowest BCUT2D eigenvalue weighted by molar-refractivity contribution is -0.427. The molecule has 0 heterocycles. The highest BCUT2D eigenvalue weighted by Crippen LogP contribution is 2.22. The van der Waals surface area contributed by atoms with Gasteiger partial charge in [0.1, 0.15) is 22.9 Å². The fourth-order valence-electron chi connectivity index (χ4n) is 3.42. The minimum atomic E-state index is -1.78. The van der Waals surface area contributed by atoms with Crippen molar-refractivity contribution in [2.45, 2.75) is 32.7 Å². The molecule has 0 aromatic heterocycles. The second-order valence-corrected chi connectivity index (χ2v) is 9.93. The molecule has 2 unspecified atom stereocenters. The Balaban J connectivity index is 2.00. The van der Waals surface area contributed by atoms with Crippen molar-refractivity contribution >= 4 is 17.0 Å². The summed E-state index contributed by atoms with van der Waals surface area (Å²) in [7, 11) is -1.78. The summed E-state index contributed by atoms with van der Waals surface area (Å²) >= 11 is 0. The lowest BCUT2D eigenvalue weighted by atomic mass is 10.0. The largest absolute Gasteiger partial charge is 0.480 e. The Morgan fingerprint density at radius 3 is 2.79 bits per heavy atom. The molecular formula is C28H31FN2O6S. The van der Waals surface area contributed by atoms with Crippen molar-refractivity contribution in [1.29, 1.82) is 0 Å². The number of carboxylic acids is 1. The van der Waals surface area contributed by atoms with Crippen molar-refractivity contribution in [3.63, 3.8) is 0 Å². The van der Waals surface area contributed by atoms with E-state index in [1.165, 1.54) is 18.2 Å². The van der Waals surface area contributed by atoms with Crippen LogP contribution < -0.4 is 4.72 Å². The summed E-state index contributed by atoms with van der Waals surface area (Å²) < 4.78 is 35.1. The number of allylic oxidation sites excluding steroid dienone is 13. The molecule has 0 aromatic rings. The molecule has 0 saturated heterocycles. The number of rotatable bonds is 14. The molecule has 0 spiro atoms. The van der Waals surface area contributed by atoms with Crippen LogP contribution >= 0.6 is 0 Å². The molecule has 10 heteroatoms. The van der Waals surface area contributed by atoms with E-state index in [9.17, 15) is 28.6 Å². The average molecular weight is 543 g/mol. The van der Waals surface area contributed by atoms with E-state index in [1.807, 2.05) is 13.8 Å². The maximum absolute atomic E-state index is 14.2. The van der Waals surface area contributed by atoms with Crippen molar-refractivity contribution in [2.24, 2.45) is 5.92 Å². The number of carbonyl (C=O) groups is 1. The van der Waals surface area contributed by atoms with Crippen LogP contribution in [0.25, 0.3) is 0 Å². The van der Waals surface area contributed by atoms with Crippen LogP contribution in [0.2, 0.25) is 0 Å². The van der Waals surface area contributed by atoms with Crippen LogP contribution in [-0.2, 0) is 20.5 Å². The van der Waals surface area contributed by atoms with Gasteiger partial charge in [-0.1, -0.05) is 56.9 Å². The zero-order chi connectivity index (χ0) is 28.1. The molecule has 0 aliphatic heterocycles. The van der Waals surface area contributed by atoms with Crippen molar-refractivity contribution < 1.29 is 28.2 Å². The third-order valence-corrected chi connectivity index (χ3v) is 6.43. The highest BCUT2D eigenvalue weighted by Gasteiger charge is 2.22. The fourth-order valence-corrected chi connectivity index (χ4v) is 4.37. The fraction of sp³-hybridized carbons (Fsp3) is 0.286. The van der Waals surface area contributed by atoms with Crippen LogP contribution in [0.5, 0.6) is 0 Å². The van der Waals surface area contributed by atoms with E-state index in [1.54, 1.807) is 48.6 Å². The molecule has 2 rings (SSSR count). The Kier molecular flexibility index (Phi) is 12.5. The van der Waals surface area contributed by atoms with Gasteiger partial charge in [-0.3, -0.25) is 14.9 Å². The lowest BCUT2D eigenvalue weighted by Gasteiger charge is -2.15. The maximum atomic E-state index is 14.2. The van der Waals surface area contributed by atoms with Gasteiger partial charge in [-0.25, -0.2) is 13.3 Å². The van der Waals surface area contributed by atoms with Gasteiger partial charge in [0.25, 0.3) is 0 Å². The minimum Gasteiger partial charge on any atom is -0.480 e. The Morgan fingerprint density at radius 2 is 2.13 bits per heavy atom. The number of aliphatic carboxylic acids is 1. The first-order chi connectivity index (χ1) is 18.1. The first-order valence-electron chi connectivity index (χ1n) is 11.8. The summed E-state index contributed by atoms with van der Waals surface area (Å²) in [5, 5.41) is 20.4. The van der Waals surface area contributed by atoms with Gasteiger partial charge in [0.2, 0.25) is 5.70 Å². The molecule has 0 amide bonds. The number of carboxylic acid groups (broad SMARTS) is 1. The number of hydrogen-bond acceptors (Lipinski definition) is 5. The summed E-state index contributed by atoms with van der Waals surface area (Å²) in [6.45, 7) is 7.53. The predicted molar refractivity (Wildman–Crippen MR) is 146 cm³/mol. The van der Waals surface area contributed by atoms with Crippen LogP contribution in [0.4, 0.5) is 4.39 Å². The van der Waals surface area contributed by atoms with E-state index < -0.39 is 33.7 Å².